The van der Waals surface area contributed by atoms with Gasteiger partial charge in [0.1, 0.15) is 0 Å². The number of rotatable bonds is 10. The zero-order chi connectivity index (χ0) is 22.9. The molecule has 32 heavy (non-hydrogen) atoms. The molecule has 168 valence electrons. The molecule has 0 N–H and O–H groups in total. The second kappa shape index (κ2) is 11.3. The van der Waals surface area contributed by atoms with E-state index in [0.29, 0.717) is 19.5 Å². The molecule has 0 aliphatic rings. The lowest BCUT2D eigenvalue weighted by molar-refractivity contribution is -0.142. The van der Waals surface area contributed by atoms with Crippen molar-refractivity contribution in [1.82, 2.24) is 14.4 Å². The van der Waals surface area contributed by atoms with E-state index in [0.717, 1.165) is 17.8 Å². The third-order valence-electron chi connectivity index (χ3n) is 5.59. The molecule has 2 amide bonds. The van der Waals surface area contributed by atoms with E-state index in [4.69, 9.17) is 0 Å². The highest BCUT2D eigenvalue weighted by atomic mass is 16.2. The standard InChI is InChI=1S/C27H33N3O2/c1-4-26(31)30(22(2)3)21-27(32)29(19-24-14-9-6-10-15-24)20-25-16-11-17-28(25)18-23-12-7-5-8-13-23/h5-17,22H,4,18-21H2,1-3H3. The summed E-state index contributed by atoms with van der Waals surface area (Å²) in [4.78, 5) is 29.3. The van der Waals surface area contributed by atoms with Crippen molar-refractivity contribution < 1.29 is 9.59 Å². The molecule has 0 radical (unpaired) electrons. The fourth-order valence-electron chi connectivity index (χ4n) is 3.77. The second-order valence-corrected chi connectivity index (χ2v) is 8.32. The Balaban J connectivity index is 1.81. The molecule has 3 rings (SSSR count). The van der Waals surface area contributed by atoms with Crippen LogP contribution in [-0.4, -0.2) is 38.8 Å². The van der Waals surface area contributed by atoms with Crippen LogP contribution in [0.4, 0.5) is 0 Å². The second-order valence-electron chi connectivity index (χ2n) is 8.32. The van der Waals surface area contributed by atoms with Crippen molar-refractivity contribution in [2.24, 2.45) is 0 Å². The van der Waals surface area contributed by atoms with Gasteiger partial charge >= 0.3 is 0 Å². The van der Waals surface area contributed by atoms with Gasteiger partial charge in [-0.25, -0.2) is 0 Å². The van der Waals surface area contributed by atoms with Gasteiger partial charge in [0.2, 0.25) is 11.8 Å². The number of carbonyl (C=O) groups is 2. The first kappa shape index (κ1) is 23.3. The lowest BCUT2D eigenvalue weighted by Gasteiger charge is -2.30. The first-order valence-electron chi connectivity index (χ1n) is 11.3. The van der Waals surface area contributed by atoms with Crippen LogP contribution in [0.3, 0.4) is 0 Å². The third-order valence-corrected chi connectivity index (χ3v) is 5.59. The van der Waals surface area contributed by atoms with Crippen molar-refractivity contribution in [2.75, 3.05) is 6.54 Å². The summed E-state index contributed by atoms with van der Waals surface area (Å²) in [5.74, 6) is -0.0442. The number of hydrogen-bond donors (Lipinski definition) is 0. The minimum absolute atomic E-state index is 0.000429. The average Bonchev–Trinajstić information content (AvgIpc) is 3.24. The molecule has 0 atom stereocenters. The van der Waals surface area contributed by atoms with Crippen molar-refractivity contribution in [3.8, 4) is 0 Å². The molecule has 0 unspecified atom stereocenters. The Morgan fingerprint density at radius 1 is 0.812 bits per heavy atom. The normalized spacial score (nSPS) is 10.9. The Morgan fingerprint density at radius 3 is 2.03 bits per heavy atom. The topological polar surface area (TPSA) is 45.6 Å². The van der Waals surface area contributed by atoms with E-state index >= 15 is 0 Å². The maximum absolute atomic E-state index is 13.4. The summed E-state index contributed by atoms with van der Waals surface area (Å²) >= 11 is 0. The van der Waals surface area contributed by atoms with E-state index in [1.54, 1.807) is 4.90 Å². The molecular weight excluding hydrogens is 398 g/mol. The van der Waals surface area contributed by atoms with E-state index in [9.17, 15) is 9.59 Å². The van der Waals surface area contributed by atoms with Gasteiger partial charge < -0.3 is 14.4 Å². The molecule has 3 aromatic rings. The SMILES string of the molecule is CCC(=O)N(CC(=O)N(Cc1ccccc1)Cc1cccn1Cc1ccccc1)C(C)C. The molecular formula is C27H33N3O2. The van der Waals surface area contributed by atoms with E-state index in [2.05, 4.69) is 29.0 Å². The van der Waals surface area contributed by atoms with Crippen molar-refractivity contribution in [3.05, 3.63) is 95.8 Å². The number of aromatic nitrogens is 1. The number of benzene rings is 2. The Kier molecular flexibility index (Phi) is 8.26. The lowest BCUT2D eigenvalue weighted by atomic mass is 10.2. The molecule has 0 aliphatic heterocycles. The summed E-state index contributed by atoms with van der Waals surface area (Å²) < 4.78 is 2.18. The third kappa shape index (κ3) is 6.33. The summed E-state index contributed by atoms with van der Waals surface area (Å²) in [6.07, 6.45) is 2.44. The maximum Gasteiger partial charge on any atom is 0.242 e. The number of carbonyl (C=O) groups excluding carboxylic acids is 2. The summed E-state index contributed by atoms with van der Waals surface area (Å²) in [6.45, 7) is 7.57. The predicted molar refractivity (Wildman–Crippen MR) is 128 cm³/mol. The summed E-state index contributed by atoms with van der Waals surface area (Å²) in [5.41, 5.74) is 3.35. The van der Waals surface area contributed by atoms with Crippen LogP contribution in [0.5, 0.6) is 0 Å². The minimum Gasteiger partial charge on any atom is -0.345 e. The first-order chi connectivity index (χ1) is 15.5. The van der Waals surface area contributed by atoms with Crippen molar-refractivity contribution in [2.45, 2.75) is 52.9 Å². The van der Waals surface area contributed by atoms with Crippen LogP contribution in [0.1, 0.15) is 44.0 Å². The lowest BCUT2D eigenvalue weighted by Crippen LogP contribution is -2.45. The van der Waals surface area contributed by atoms with Gasteiger partial charge in [-0.2, -0.15) is 0 Å². The summed E-state index contributed by atoms with van der Waals surface area (Å²) in [6, 6.07) is 24.3. The fourth-order valence-corrected chi connectivity index (χ4v) is 3.77. The van der Waals surface area contributed by atoms with Crippen molar-refractivity contribution >= 4 is 11.8 Å². The first-order valence-corrected chi connectivity index (χ1v) is 11.3. The molecule has 1 heterocycles. The van der Waals surface area contributed by atoms with Crippen LogP contribution in [0.2, 0.25) is 0 Å². The van der Waals surface area contributed by atoms with E-state index < -0.39 is 0 Å². The summed E-state index contributed by atoms with van der Waals surface area (Å²) in [5, 5.41) is 0. The van der Waals surface area contributed by atoms with Gasteiger partial charge in [0, 0.05) is 37.4 Å². The smallest absolute Gasteiger partial charge is 0.242 e. The Hall–Kier alpha value is -3.34. The molecule has 0 bridgehead atoms. The van der Waals surface area contributed by atoms with Crippen LogP contribution in [0.25, 0.3) is 0 Å². The maximum atomic E-state index is 13.4. The monoisotopic (exact) mass is 431 g/mol. The predicted octanol–water partition coefficient (Wildman–Crippen LogP) is 4.71. The molecule has 0 fully saturated rings. The van der Waals surface area contributed by atoms with E-state index in [1.807, 2.05) is 80.3 Å². The molecule has 0 saturated heterocycles. The molecule has 0 spiro atoms. The van der Waals surface area contributed by atoms with Gasteiger partial charge in [0.25, 0.3) is 0 Å². The van der Waals surface area contributed by atoms with E-state index in [1.165, 1.54) is 5.56 Å². The Labute approximate surface area is 191 Å². The van der Waals surface area contributed by atoms with Gasteiger partial charge in [0.15, 0.2) is 0 Å². The minimum atomic E-state index is -0.0446. The van der Waals surface area contributed by atoms with Gasteiger partial charge in [-0.1, -0.05) is 67.6 Å². The zero-order valence-electron chi connectivity index (χ0n) is 19.3. The van der Waals surface area contributed by atoms with Gasteiger partial charge in [0.05, 0.1) is 13.1 Å². The van der Waals surface area contributed by atoms with Crippen molar-refractivity contribution in [1.29, 1.82) is 0 Å². The molecule has 1 aromatic heterocycles. The number of hydrogen-bond acceptors (Lipinski definition) is 2. The molecule has 0 saturated carbocycles. The highest BCUT2D eigenvalue weighted by molar-refractivity contribution is 5.85. The number of amides is 2. The summed E-state index contributed by atoms with van der Waals surface area (Å²) in [7, 11) is 0. The quantitative estimate of drug-likeness (QED) is 0.467. The largest absolute Gasteiger partial charge is 0.345 e. The Bertz CT molecular complexity index is 996. The van der Waals surface area contributed by atoms with Crippen LogP contribution in [0.15, 0.2) is 79.0 Å². The highest BCUT2D eigenvalue weighted by Gasteiger charge is 2.23. The zero-order valence-corrected chi connectivity index (χ0v) is 19.3. The molecule has 5 nitrogen and oxygen atoms in total. The van der Waals surface area contributed by atoms with Gasteiger partial charge in [-0.15, -0.1) is 0 Å². The van der Waals surface area contributed by atoms with E-state index in [-0.39, 0.29) is 24.4 Å². The molecule has 2 aromatic carbocycles. The van der Waals surface area contributed by atoms with Crippen LogP contribution in [-0.2, 0) is 29.2 Å². The highest BCUT2D eigenvalue weighted by Crippen LogP contribution is 2.15. The molecule has 5 heteroatoms. The fraction of sp³-hybridized carbons (Fsp3) is 0.333. The van der Waals surface area contributed by atoms with Crippen LogP contribution < -0.4 is 0 Å². The average molecular weight is 432 g/mol. The Morgan fingerprint density at radius 2 is 1.44 bits per heavy atom. The number of nitrogens with zero attached hydrogens (tertiary/aromatic N) is 3. The van der Waals surface area contributed by atoms with Crippen LogP contribution >= 0.6 is 0 Å². The van der Waals surface area contributed by atoms with Gasteiger partial charge in [-0.05, 0) is 37.1 Å². The van der Waals surface area contributed by atoms with Gasteiger partial charge in [-0.3, -0.25) is 9.59 Å². The molecule has 0 aliphatic carbocycles. The van der Waals surface area contributed by atoms with Crippen molar-refractivity contribution in [3.63, 3.8) is 0 Å². The van der Waals surface area contributed by atoms with Crippen LogP contribution in [0, 0.1) is 0 Å².